The first-order valence-electron chi connectivity index (χ1n) is 10.7. The summed E-state index contributed by atoms with van der Waals surface area (Å²) in [7, 11) is 2.11. The van der Waals surface area contributed by atoms with Gasteiger partial charge in [-0.05, 0) is 36.7 Å². The molecule has 0 aromatic heterocycles. The number of rotatable bonds is 8. The van der Waals surface area contributed by atoms with E-state index in [1.54, 1.807) is 0 Å². The van der Waals surface area contributed by atoms with E-state index in [1.165, 1.54) is 11.1 Å². The van der Waals surface area contributed by atoms with Crippen molar-refractivity contribution in [2.24, 2.45) is 0 Å². The maximum atomic E-state index is 12.4. The molecule has 0 bridgehead atoms. The van der Waals surface area contributed by atoms with Crippen LogP contribution in [0.25, 0.3) is 0 Å². The van der Waals surface area contributed by atoms with Gasteiger partial charge >= 0.3 is 0 Å². The molecule has 1 aliphatic heterocycles. The maximum absolute atomic E-state index is 12.4. The van der Waals surface area contributed by atoms with Crippen LogP contribution in [0.1, 0.15) is 23.5 Å². The van der Waals surface area contributed by atoms with Crippen molar-refractivity contribution >= 4 is 5.91 Å². The van der Waals surface area contributed by atoms with Crippen LogP contribution in [-0.4, -0.2) is 68.1 Å². The number of hydrogen-bond donors (Lipinski definition) is 1. The fourth-order valence-corrected chi connectivity index (χ4v) is 3.92. The van der Waals surface area contributed by atoms with E-state index in [0.717, 1.165) is 44.8 Å². The third-order valence-corrected chi connectivity index (χ3v) is 5.97. The molecule has 154 valence electrons. The number of nitrogens with one attached hydrogen (secondary N) is 1. The Bertz CT molecular complexity index is 786. The van der Waals surface area contributed by atoms with Gasteiger partial charge in [0.25, 0.3) is 0 Å². The Morgan fingerprint density at radius 2 is 1.76 bits per heavy atom. The smallest absolute Gasteiger partial charge is 0.236 e. The Hall–Kier alpha value is -2.37. The summed E-state index contributed by atoms with van der Waals surface area (Å²) in [5, 5.41) is 3.44. The van der Waals surface area contributed by atoms with E-state index >= 15 is 0 Å². The van der Waals surface area contributed by atoms with Gasteiger partial charge in [0, 0.05) is 44.6 Å². The zero-order chi connectivity index (χ0) is 20.1. The van der Waals surface area contributed by atoms with E-state index in [2.05, 4.69) is 65.8 Å². The van der Waals surface area contributed by atoms with Gasteiger partial charge in [0.15, 0.2) is 0 Å². The number of nitrogens with zero attached hydrogens (tertiary/aromatic N) is 2. The summed E-state index contributed by atoms with van der Waals surface area (Å²) in [6.07, 6.45) is 2.02. The Morgan fingerprint density at radius 3 is 2.48 bits per heavy atom. The lowest BCUT2D eigenvalue weighted by Gasteiger charge is -2.32. The predicted molar refractivity (Wildman–Crippen MR) is 115 cm³/mol. The van der Waals surface area contributed by atoms with E-state index in [0.29, 0.717) is 25.1 Å². The molecule has 4 rings (SSSR count). The van der Waals surface area contributed by atoms with Crippen LogP contribution in [0.5, 0.6) is 5.75 Å². The molecule has 5 nitrogen and oxygen atoms in total. The van der Waals surface area contributed by atoms with Crippen molar-refractivity contribution in [3.8, 4) is 5.75 Å². The van der Waals surface area contributed by atoms with Crippen LogP contribution in [0.15, 0.2) is 54.6 Å². The SMILES string of the molecule is CN1CCN(C(=O)CNC2CC2c2ccc(OCCc3ccccc3)cc2)CC1. The van der Waals surface area contributed by atoms with Gasteiger partial charge in [-0.25, -0.2) is 0 Å². The number of piperazine rings is 1. The van der Waals surface area contributed by atoms with Gasteiger partial charge in [-0.1, -0.05) is 42.5 Å². The summed E-state index contributed by atoms with van der Waals surface area (Å²) >= 11 is 0. The fourth-order valence-electron chi connectivity index (χ4n) is 3.92. The quantitative estimate of drug-likeness (QED) is 0.749. The molecule has 1 N–H and O–H groups in total. The molecule has 2 aromatic carbocycles. The largest absolute Gasteiger partial charge is 0.493 e. The summed E-state index contributed by atoms with van der Waals surface area (Å²) in [5.41, 5.74) is 2.62. The molecule has 5 heteroatoms. The van der Waals surface area contributed by atoms with Crippen molar-refractivity contribution < 1.29 is 9.53 Å². The highest BCUT2D eigenvalue weighted by Crippen LogP contribution is 2.41. The number of hydrogen-bond acceptors (Lipinski definition) is 4. The number of likely N-dealkylation sites (N-methyl/N-ethyl adjacent to an activating group) is 1. The summed E-state index contributed by atoms with van der Waals surface area (Å²) in [5.74, 6) is 1.65. The monoisotopic (exact) mass is 393 g/mol. The highest BCUT2D eigenvalue weighted by atomic mass is 16.5. The van der Waals surface area contributed by atoms with E-state index in [4.69, 9.17) is 4.74 Å². The van der Waals surface area contributed by atoms with Gasteiger partial charge in [0.05, 0.1) is 13.2 Å². The van der Waals surface area contributed by atoms with E-state index in [-0.39, 0.29) is 5.91 Å². The molecule has 2 atom stereocenters. The lowest BCUT2D eigenvalue weighted by atomic mass is 10.1. The van der Waals surface area contributed by atoms with E-state index in [9.17, 15) is 4.79 Å². The van der Waals surface area contributed by atoms with Crippen LogP contribution in [0, 0.1) is 0 Å². The van der Waals surface area contributed by atoms with Crippen LogP contribution in [0.2, 0.25) is 0 Å². The van der Waals surface area contributed by atoms with Crippen LogP contribution in [0.3, 0.4) is 0 Å². The highest BCUT2D eigenvalue weighted by molar-refractivity contribution is 5.78. The lowest BCUT2D eigenvalue weighted by Crippen LogP contribution is -2.49. The zero-order valence-corrected chi connectivity index (χ0v) is 17.2. The molecule has 1 aliphatic carbocycles. The first kappa shape index (κ1) is 19.9. The molecule has 2 unspecified atom stereocenters. The normalized spacial score (nSPS) is 21.8. The second kappa shape index (κ2) is 9.42. The fraction of sp³-hybridized carbons (Fsp3) is 0.458. The molecule has 2 fully saturated rings. The summed E-state index contributed by atoms with van der Waals surface area (Å²) in [6.45, 7) is 4.76. The molecular weight excluding hydrogens is 362 g/mol. The minimum absolute atomic E-state index is 0.228. The van der Waals surface area contributed by atoms with Crippen LogP contribution in [0.4, 0.5) is 0 Å². The van der Waals surface area contributed by atoms with Gasteiger partial charge in [0.1, 0.15) is 5.75 Å². The third kappa shape index (κ3) is 5.58. The highest BCUT2D eigenvalue weighted by Gasteiger charge is 2.38. The van der Waals surface area contributed by atoms with Crippen molar-refractivity contribution in [3.05, 3.63) is 65.7 Å². The summed E-state index contributed by atoms with van der Waals surface area (Å²) in [4.78, 5) is 16.6. The molecule has 1 amide bonds. The standard InChI is InChI=1S/C24H31N3O2/c1-26-12-14-27(15-13-26)24(28)18-25-23-17-22(23)20-7-9-21(10-8-20)29-16-11-19-5-3-2-4-6-19/h2-10,22-23,25H,11-18H2,1H3. The molecular formula is C24H31N3O2. The number of ether oxygens (including phenoxy) is 1. The molecule has 2 aromatic rings. The number of carbonyl (C=O) groups is 1. The van der Waals surface area contributed by atoms with Crippen molar-refractivity contribution in [3.63, 3.8) is 0 Å². The zero-order valence-electron chi connectivity index (χ0n) is 17.2. The van der Waals surface area contributed by atoms with Crippen molar-refractivity contribution in [2.45, 2.75) is 24.8 Å². The third-order valence-electron chi connectivity index (χ3n) is 5.97. The topological polar surface area (TPSA) is 44.8 Å². The van der Waals surface area contributed by atoms with Gasteiger partial charge in [-0.15, -0.1) is 0 Å². The van der Waals surface area contributed by atoms with Crippen LogP contribution in [-0.2, 0) is 11.2 Å². The maximum Gasteiger partial charge on any atom is 0.236 e. The lowest BCUT2D eigenvalue weighted by molar-refractivity contribution is -0.131. The number of amides is 1. The van der Waals surface area contributed by atoms with Crippen LogP contribution < -0.4 is 10.1 Å². The molecule has 1 saturated carbocycles. The minimum Gasteiger partial charge on any atom is -0.493 e. The molecule has 29 heavy (non-hydrogen) atoms. The Morgan fingerprint density at radius 1 is 1.03 bits per heavy atom. The Kier molecular flexibility index (Phi) is 6.47. The van der Waals surface area contributed by atoms with Crippen molar-refractivity contribution in [2.75, 3.05) is 46.4 Å². The van der Waals surface area contributed by atoms with E-state index < -0.39 is 0 Å². The summed E-state index contributed by atoms with van der Waals surface area (Å²) < 4.78 is 5.88. The molecule has 0 spiro atoms. The van der Waals surface area contributed by atoms with Crippen molar-refractivity contribution in [1.82, 2.24) is 15.1 Å². The molecule has 2 aliphatic rings. The first-order valence-corrected chi connectivity index (χ1v) is 10.7. The molecule has 1 saturated heterocycles. The van der Waals surface area contributed by atoms with Crippen molar-refractivity contribution in [1.29, 1.82) is 0 Å². The number of carbonyl (C=O) groups excluding carboxylic acids is 1. The average molecular weight is 394 g/mol. The second-order valence-corrected chi connectivity index (χ2v) is 8.17. The first-order chi connectivity index (χ1) is 14.2. The predicted octanol–water partition coefficient (Wildman–Crippen LogP) is 2.53. The molecule has 0 radical (unpaired) electrons. The second-order valence-electron chi connectivity index (χ2n) is 8.17. The molecule has 1 heterocycles. The average Bonchev–Trinajstić information content (AvgIpc) is 3.53. The van der Waals surface area contributed by atoms with E-state index in [1.807, 2.05) is 11.0 Å². The van der Waals surface area contributed by atoms with Gasteiger partial charge in [0.2, 0.25) is 5.91 Å². The van der Waals surface area contributed by atoms with Crippen LogP contribution >= 0.6 is 0 Å². The summed E-state index contributed by atoms with van der Waals surface area (Å²) in [6, 6.07) is 19.3. The Balaban J connectivity index is 1.17. The Labute approximate surface area is 173 Å². The minimum atomic E-state index is 0.228. The number of benzene rings is 2. The van der Waals surface area contributed by atoms with Gasteiger partial charge < -0.3 is 19.9 Å². The van der Waals surface area contributed by atoms with Gasteiger partial charge in [-0.3, -0.25) is 4.79 Å². The van der Waals surface area contributed by atoms with Gasteiger partial charge in [-0.2, -0.15) is 0 Å².